The molecule has 1 aromatic heterocycles. The zero-order valence-corrected chi connectivity index (χ0v) is 24.7. The molecule has 0 amide bonds. The largest absolute Gasteiger partial charge is 0.497 e. The SMILES string of the molecule is COc1ccc2[nH]c(-c3ccccc3)c(C=C3Oc4cc(OC(=O)C(C)(C)C)cc(OC(=O)C(C)(C)C)c4C3=O)c2c1. The van der Waals surface area contributed by atoms with Crippen LogP contribution in [0.2, 0.25) is 0 Å². The first-order valence-corrected chi connectivity index (χ1v) is 13.6. The molecule has 0 saturated carbocycles. The summed E-state index contributed by atoms with van der Waals surface area (Å²) in [5, 5.41) is 0.826. The number of hydrogen-bond donors (Lipinski definition) is 1. The molecule has 8 heteroatoms. The van der Waals surface area contributed by atoms with Gasteiger partial charge in [-0.15, -0.1) is 0 Å². The maximum atomic E-state index is 13.8. The molecule has 0 aliphatic carbocycles. The van der Waals surface area contributed by atoms with E-state index in [1.54, 1.807) is 54.7 Å². The molecule has 42 heavy (non-hydrogen) atoms. The third-order valence-electron chi connectivity index (χ3n) is 6.73. The van der Waals surface area contributed by atoms with E-state index in [4.69, 9.17) is 18.9 Å². The Balaban J connectivity index is 1.64. The quantitative estimate of drug-likeness (QED) is 0.153. The number of carbonyl (C=O) groups excluding carboxylic acids is 3. The van der Waals surface area contributed by atoms with E-state index in [1.165, 1.54) is 12.1 Å². The van der Waals surface area contributed by atoms with Crippen LogP contribution in [0.4, 0.5) is 0 Å². The average molecular weight is 568 g/mol. The van der Waals surface area contributed by atoms with E-state index in [-0.39, 0.29) is 28.6 Å². The number of aromatic amines is 1. The predicted octanol–water partition coefficient (Wildman–Crippen LogP) is 7.36. The molecule has 2 heterocycles. The Morgan fingerprint density at radius 2 is 1.50 bits per heavy atom. The Morgan fingerprint density at radius 3 is 2.14 bits per heavy atom. The first-order valence-electron chi connectivity index (χ1n) is 13.6. The highest BCUT2D eigenvalue weighted by molar-refractivity contribution is 6.17. The summed E-state index contributed by atoms with van der Waals surface area (Å²) in [7, 11) is 1.59. The van der Waals surface area contributed by atoms with Crippen molar-refractivity contribution in [3.8, 4) is 34.3 Å². The van der Waals surface area contributed by atoms with Crippen molar-refractivity contribution in [3.05, 3.63) is 77.5 Å². The van der Waals surface area contributed by atoms with Crippen LogP contribution in [0, 0.1) is 10.8 Å². The highest BCUT2D eigenvalue weighted by Gasteiger charge is 2.36. The van der Waals surface area contributed by atoms with Crippen LogP contribution in [-0.4, -0.2) is 29.8 Å². The van der Waals surface area contributed by atoms with E-state index >= 15 is 0 Å². The van der Waals surface area contributed by atoms with E-state index in [1.807, 2.05) is 48.5 Å². The van der Waals surface area contributed by atoms with E-state index in [2.05, 4.69) is 4.98 Å². The molecule has 0 radical (unpaired) electrons. The van der Waals surface area contributed by atoms with Gasteiger partial charge in [-0.05, 0) is 71.4 Å². The number of hydrogen-bond acceptors (Lipinski definition) is 7. The van der Waals surface area contributed by atoms with Crippen molar-refractivity contribution >= 4 is 34.7 Å². The summed E-state index contributed by atoms with van der Waals surface area (Å²) in [6.45, 7) is 10.3. The molecular formula is C34H33NO7. The Hall–Kier alpha value is -4.85. The molecule has 0 unspecified atom stereocenters. The topological polar surface area (TPSA) is 104 Å². The number of ketones is 1. The lowest BCUT2D eigenvalue weighted by Gasteiger charge is -2.19. The molecule has 4 aromatic rings. The van der Waals surface area contributed by atoms with Crippen LogP contribution in [0.5, 0.6) is 23.0 Å². The van der Waals surface area contributed by atoms with Crippen molar-refractivity contribution in [2.75, 3.05) is 7.11 Å². The summed E-state index contributed by atoms with van der Waals surface area (Å²) >= 11 is 0. The third kappa shape index (κ3) is 5.52. The molecule has 1 aliphatic heterocycles. The van der Waals surface area contributed by atoms with Crippen molar-refractivity contribution in [1.29, 1.82) is 0 Å². The summed E-state index contributed by atoms with van der Waals surface area (Å²) in [6.07, 6.45) is 1.67. The molecule has 0 saturated heterocycles. The highest BCUT2D eigenvalue weighted by atomic mass is 16.6. The van der Waals surface area contributed by atoms with Crippen LogP contribution in [0.15, 0.2) is 66.4 Å². The summed E-state index contributed by atoms with van der Waals surface area (Å²) in [4.78, 5) is 42.8. The Morgan fingerprint density at radius 1 is 0.833 bits per heavy atom. The number of ether oxygens (including phenoxy) is 4. The molecule has 216 valence electrons. The van der Waals surface area contributed by atoms with Gasteiger partial charge in [0.05, 0.1) is 23.6 Å². The van der Waals surface area contributed by atoms with Crippen molar-refractivity contribution < 1.29 is 33.3 Å². The zero-order valence-electron chi connectivity index (χ0n) is 24.7. The van der Waals surface area contributed by atoms with Gasteiger partial charge >= 0.3 is 11.9 Å². The summed E-state index contributed by atoms with van der Waals surface area (Å²) in [5.41, 5.74) is 1.72. The second kappa shape index (κ2) is 10.5. The van der Waals surface area contributed by atoms with E-state index < -0.39 is 28.6 Å². The monoisotopic (exact) mass is 567 g/mol. The maximum absolute atomic E-state index is 13.8. The number of Topliss-reactive ketones (excluding diaryl/α,β-unsaturated/α-hetero) is 1. The molecule has 0 spiro atoms. The Bertz CT molecular complexity index is 1750. The molecule has 0 fully saturated rings. The zero-order chi connectivity index (χ0) is 30.4. The van der Waals surface area contributed by atoms with E-state index in [9.17, 15) is 14.4 Å². The van der Waals surface area contributed by atoms with Crippen molar-refractivity contribution in [3.63, 3.8) is 0 Å². The number of methoxy groups -OCH3 is 1. The Kier molecular flexibility index (Phi) is 7.18. The van der Waals surface area contributed by atoms with Gasteiger partial charge in [-0.1, -0.05) is 30.3 Å². The fraction of sp³-hybridized carbons (Fsp3) is 0.265. The fourth-order valence-electron chi connectivity index (χ4n) is 4.34. The van der Waals surface area contributed by atoms with Gasteiger partial charge in [-0.3, -0.25) is 14.4 Å². The van der Waals surface area contributed by atoms with Gasteiger partial charge in [-0.25, -0.2) is 0 Å². The second-order valence-electron chi connectivity index (χ2n) is 12.2. The number of H-pyrrole nitrogens is 1. The maximum Gasteiger partial charge on any atom is 0.316 e. The molecule has 3 aromatic carbocycles. The first kappa shape index (κ1) is 28.7. The molecular weight excluding hydrogens is 534 g/mol. The van der Waals surface area contributed by atoms with Gasteiger partial charge in [0.25, 0.3) is 0 Å². The van der Waals surface area contributed by atoms with Gasteiger partial charge in [0.2, 0.25) is 5.78 Å². The normalized spacial score (nSPS) is 14.1. The van der Waals surface area contributed by atoms with Crippen molar-refractivity contribution in [1.82, 2.24) is 4.98 Å². The second-order valence-corrected chi connectivity index (χ2v) is 12.2. The van der Waals surface area contributed by atoms with Gasteiger partial charge < -0.3 is 23.9 Å². The lowest BCUT2D eigenvalue weighted by Crippen LogP contribution is -2.27. The first-order chi connectivity index (χ1) is 19.8. The number of fused-ring (bicyclic) bond motifs is 2. The number of benzene rings is 3. The van der Waals surface area contributed by atoms with Crippen molar-refractivity contribution in [2.45, 2.75) is 41.5 Å². The standard InChI is InChI=1S/C34H33NO7/c1-33(2,3)31(37)40-21-16-25-28(26(17-21)42-32(38)34(4,5)6)30(36)27(41-25)18-23-22-15-20(39-7)13-14-24(22)35-29(23)19-11-9-8-10-12-19/h8-18,35H,1-7H3. The summed E-state index contributed by atoms with van der Waals surface area (Å²) in [6, 6.07) is 18.2. The molecule has 0 atom stereocenters. The number of rotatable bonds is 5. The van der Waals surface area contributed by atoms with Crippen LogP contribution >= 0.6 is 0 Å². The van der Waals surface area contributed by atoms with Gasteiger partial charge in [-0.2, -0.15) is 0 Å². The lowest BCUT2D eigenvalue weighted by atomic mass is 9.97. The predicted molar refractivity (Wildman–Crippen MR) is 160 cm³/mol. The van der Waals surface area contributed by atoms with Gasteiger partial charge in [0.15, 0.2) is 5.76 Å². The number of allylic oxidation sites excluding steroid dienone is 1. The lowest BCUT2D eigenvalue weighted by molar-refractivity contribution is -0.143. The molecule has 1 aliphatic rings. The van der Waals surface area contributed by atoms with Crippen LogP contribution in [-0.2, 0) is 9.59 Å². The van der Waals surface area contributed by atoms with Crippen molar-refractivity contribution in [2.24, 2.45) is 10.8 Å². The highest BCUT2D eigenvalue weighted by Crippen LogP contribution is 2.44. The van der Waals surface area contributed by atoms with Crippen LogP contribution in [0.1, 0.15) is 57.5 Å². The third-order valence-corrected chi connectivity index (χ3v) is 6.73. The molecule has 0 bridgehead atoms. The Labute approximate surface area is 244 Å². The van der Waals surface area contributed by atoms with Crippen LogP contribution in [0.3, 0.4) is 0 Å². The minimum absolute atomic E-state index is 0.0262. The molecule has 5 rings (SSSR count). The van der Waals surface area contributed by atoms with Gasteiger partial charge in [0.1, 0.15) is 28.6 Å². The molecule has 8 nitrogen and oxygen atoms in total. The molecule has 1 N–H and O–H groups in total. The fourth-order valence-corrected chi connectivity index (χ4v) is 4.34. The van der Waals surface area contributed by atoms with E-state index in [0.717, 1.165) is 27.7 Å². The smallest absolute Gasteiger partial charge is 0.316 e. The summed E-state index contributed by atoms with van der Waals surface area (Å²) in [5.74, 6) is -0.641. The van der Waals surface area contributed by atoms with E-state index in [0.29, 0.717) is 5.75 Å². The summed E-state index contributed by atoms with van der Waals surface area (Å²) < 4.78 is 22.8. The number of esters is 2. The van der Waals surface area contributed by atoms with Gasteiger partial charge in [0, 0.05) is 28.6 Å². The minimum atomic E-state index is -0.847. The van der Waals surface area contributed by atoms with Crippen LogP contribution < -0.4 is 18.9 Å². The van der Waals surface area contributed by atoms with Crippen LogP contribution in [0.25, 0.3) is 28.2 Å². The number of carbonyl (C=O) groups is 3. The number of nitrogens with one attached hydrogen (secondary N) is 1. The number of aromatic nitrogens is 1. The minimum Gasteiger partial charge on any atom is -0.497 e. The average Bonchev–Trinajstić information content (AvgIpc) is 3.44.